The fourth-order valence-electron chi connectivity index (χ4n) is 15.5. The van der Waals surface area contributed by atoms with Gasteiger partial charge in [-0.1, -0.05) is 176 Å². The van der Waals surface area contributed by atoms with Gasteiger partial charge >= 0.3 is 0 Å². The first-order chi connectivity index (χ1) is 43.9. The van der Waals surface area contributed by atoms with Gasteiger partial charge in [0.15, 0.2) is 0 Å². The van der Waals surface area contributed by atoms with Gasteiger partial charge in [0.05, 0.1) is 27.9 Å². The van der Waals surface area contributed by atoms with Gasteiger partial charge in [0, 0.05) is 95.0 Å². The summed E-state index contributed by atoms with van der Waals surface area (Å²) in [6.45, 7) is 11.1. The van der Waals surface area contributed by atoms with Gasteiger partial charge in [0.1, 0.15) is 0 Å². The standard InChI is InChI=1S/C81H58B2N6/c1-5-6-33-61-54(4)84(69-37-22-19-34-62(61)69)59-46-76-80-77(47-59)87(57-29-15-9-16-30-57)74-50-68-75(51-67(74)82(80)65-42-40-52(2)44-72(65)85(76)55-25-11-7-12-26-55)88(58-31-17-10-18-32-58)79-49-60(89-70-38-23-20-35-63(70)64-36-21-24-39-71(64)89)48-78-81(79)83(68)66-43-41-53(3)45-73(66)86(78)56-27-13-8-14-28-56/h5-51H,4H2,1-3H3/b6-5-,61-33+. The molecule has 0 fully saturated rings. The van der Waals surface area contributed by atoms with Crippen LogP contribution in [-0.4, -0.2) is 22.6 Å². The van der Waals surface area contributed by atoms with E-state index in [0.29, 0.717) is 0 Å². The van der Waals surface area contributed by atoms with Crippen LogP contribution in [0.1, 0.15) is 18.1 Å². The summed E-state index contributed by atoms with van der Waals surface area (Å²) >= 11 is 0. The van der Waals surface area contributed by atoms with Gasteiger partial charge in [0.25, 0.3) is 13.4 Å². The van der Waals surface area contributed by atoms with Crippen molar-refractivity contribution in [2.24, 2.45) is 0 Å². The number of aromatic nitrogens is 2. The molecule has 0 radical (unpaired) electrons. The van der Waals surface area contributed by atoms with Crippen LogP contribution in [0.3, 0.4) is 0 Å². The zero-order chi connectivity index (χ0) is 59.2. The molecule has 8 heteroatoms. The van der Waals surface area contributed by atoms with E-state index >= 15 is 0 Å². The van der Waals surface area contributed by atoms with Gasteiger partial charge in [-0.15, -0.1) is 0 Å². The molecule has 0 saturated carbocycles. The zero-order valence-electron chi connectivity index (χ0n) is 49.7. The molecular formula is C81H58B2N6. The molecule has 0 bridgehead atoms. The molecular weight excluding hydrogens is 1080 g/mol. The number of para-hydroxylation sites is 7. The Kier molecular flexibility index (Phi) is 11.3. The van der Waals surface area contributed by atoms with E-state index in [4.69, 9.17) is 6.58 Å². The molecule has 4 aliphatic heterocycles. The van der Waals surface area contributed by atoms with Crippen molar-refractivity contribution in [3.8, 4) is 11.4 Å². The van der Waals surface area contributed by atoms with Crippen molar-refractivity contribution in [1.82, 2.24) is 9.13 Å². The van der Waals surface area contributed by atoms with Crippen LogP contribution >= 0.6 is 0 Å². The Balaban J connectivity index is 0.985. The number of allylic oxidation sites excluding steroid dienone is 2. The van der Waals surface area contributed by atoms with Crippen LogP contribution in [0.15, 0.2) is 279 Å². The SMILES string of the molecule is C=c1/c(=C\C=C/C)c2ccccc2n1-c1cc2c3c(c1)N(c1ccccc1)c1cc4c(cc1B3c1ccc(C)cc1N2c1ccccc1)N(c1ccccc1)c1cc(-n2c3ccccc3c3ccccc32)cc2c1B4c1ccc(C)cc1N2c1ccccc1. The summed E-state index contributed by atoms with van der Waals surface area (Å²) in [4.78, 5) is 10.3. The predicted molar refractivity (Wildman–Crippen MR) is 379 cm³/mol. The molecule has 0 N–H and O–H groups in total. The first kappa shape index (κ1) is 51.1. The van der Waals surface area contributed by atoms with Crippen LogP contribution in [0.5, 0.6) is 0 Å². The van der Waals surface area contributed by atoms with Gasteiger partial charge in [0.2, 0.25) is 0 Å². The maximum absolute atomic E-state index is 4.91. The van der Waals surface area contributed by atoms with Gasteiger partial charge < -0.3 is 28.7 Å². The molecule has 0 spiro atoms. The summed E-state index contributed by atoms with van der Waals surface area (Å²) in [5.41, 5.74) is 29.2. The average molecular weight is 1140 g/mol. The molecule has 0 aliphatic carbocycles. The Morgan fingerprint density at radius 2 is 0.652 bits per heavy atom. The Bertz CT molecular complexity index is 5370. The molecule has 89 heavy (non-hydrogen) atoms. The normalized spacial score (nSPS) is 13.7. The van der Waals surface area contributed by atoms with Crippen molar-refractivity contribution in [3.05, 3.63) is 301 Å². The number of anilines is 12. The lowest BCUT2D eigenvalue weighted by Crippen LogP contribution is -2.64. The van der Waals surface area contributed by atoms with Crippen LogP contribution in [-0.2, 0) is 0 Å². The largest absolute Gasteiger partial charge is 0.311 e. The molecule has 6 heterocycles. The van der Waals surface area contributed by atoms with Crippen molar-refractivity contribution >= 4 is 160 Å². The van der Waals surface area contributed by atoms with E-state index in [2.05, 4.69) is 335 Å². The Labute approximate surface area is 518 Å². The van der Waals surface area contributed by atoms with E-state index in [1.165, 1.54) is 77.1 Å². The first-order valence-corrected chi connectivity index (χ1v) is 31.0. The minimum atomic E-state index is -0.169. The number of hydrogen-bond donors (Lipinski definition) is 0. The van der Waals surface area contributed by atoms with E-state index in [-0.39, 0.29) is 13.4 Å². The fraction of sp³-hybridized carbons (Fsp3) is 0.0370. The first-order valence-electron chi connectivity index (χ1n) is 31.0. The summed E-state index contributed by atoms with van der Waals surface area (Å²) in [5, 5.41) is 5.68. The summed E-state index contributed by atoms with van der Waals surface area (Å²) in [6, 6.07) is 100. The lowest BCUT2D eigenvalue weighted by atomic mass is 9.31. The fourth-order valence-corrected chi connectivity index (χ4v) is 15.5. The van der Waals surface area contributed by atoms with E-state index in [1.54, 1.807) is 0 Å². The van der Waals surface area contributed by atoms with E-state index < -0.39 is 0 Å². The quantitative estimate of drug-likeness (QED) is 0.148. The molecule has 18 rings (SSSR count). The number of rotatable bonds is 7. The van der Waals surface area contributed by atoms with Crippen molar-refractivity contribution in [2.75, 3.05) is 19.6 Å². The van der Waals surface area contributed by atoms with Gasteiger partial charge in [-0.05, 0) is 180 Å². The van der Waals surface area contributed by atoms with E-state index in [1.807, 2.05) is 0 Å². The van der Waals surface area contributed by atoms with Crippen molar-refractivity contribution in [2.45, 2.75) is 20.8 Å². The number of fused-ring (bicyclic) bond motifs is 12. The highest BCUT2D eigenvalue weighted by Crippen LogP contribution is 2.50. The van der Waals surface area contributed by atoms with Crippen molar-refractivity contribution in [3.63, 3.8) is 0 Å². The number of hydrogen-bond acceptors (Lipinski definition) is 4. The van der Waals surface area contributed by atoms with Crippen LogP contribution < -0.4 is 62.9 Å². The maximum atomic E-state index is 4.91. The molecule has 4 aliphatic rings. The Hall–Kier alpha value is -11.2. The van der Waals surface area contributed by atoms with Gasteiger partial charge in [-0.2, -0.15) is 0 Å². The van der Waals surface area contributed by atoms with Gasteiger partial charge in [-0.3, -0.25) is 0 Å². The van der Waals surface area contributed by atoms with Gasteiger partial charge in [-0.25, -0.2) is 0 Å². The minimum absolute atomic E-state index is 0.161. The highest BCUT2D eigenvalue weighted by molar-refractivity contribution is 7.02. The third-order valence-corrected chi connectivity index (χ3v) is 19.2. The second kappa shape index (κ2) is 19.7. The molecule has 0 unspecified atom stereocenters. The van der Waals surface area contributed by atoms with E-state index in [9.17, 15) is 0 Å². The summed E-state index contributed by atoms with van der Waals surface area (Å²) in [5.74, 6) is 0. The molecule has 0 amide bonds. The zero-order valence-corrected chi connectivity index (χ0v) is 49.7. The molecule has 418 valence electrons. The topological polar surface area (TPSA) is 22.8 Å². The summed E-state index contributed by atoms with van der Waals surface area (Å²) in [6.07, 6.45) is 6.43. The molecule has 0 atom stereocenters. The number of aryl methyl sites for hydroxylation is 2. The Morgan fingerprint density at radius 3 is 1.04 bits per heavy atom. The highest BCUT2D eigenvalue weighted by atomic mass is 15.2. The smallest absolute Gasteiger partial charge is 0.252 e. The van der Waals surface area contributed by atoms with Crippen LogP contribution in [0.4, 0.5) is 68.2 Å². The molecule has 12 aromatic carbocycles. The van der Waals surface area contributed by atoms with Crippen LogP contribution in [0.25, 0.3) is 56.7 Å². The minimum Gasteiger partial charge on any atom is -0.311 e. The monoisotopic (exact) mass is 1140 g/mol. The highest BCUT2D eigenvalue weighted by Gasteiger charge is 2.49. The molecule has 6 nitrogen and oxygen atoms in total. The van der Waals surface area contributed by atoms with E-state index in [0.717, 1.165) is 89.7 Å². The third-order valence-electron chi connectivity index (χ3n) is 19.2. The molecule has 0 saturated heterocycles. The number of benzene rings is 12. The average Bonchev–Trinajstić information content (AvgIpc) is 1.02. The number of nitrogens with zero attached hydrogens (tertiary/aromatic N) is 6. The lowest BCUT2D eigenvalue weighted by Gasteiger charge is -2.47. The Morgan fingerprint density at radius 1 is 0.315 bits per heavy atom. The summed E-state index contributed by atoms with van der Waals surface area (Å²) in [7, 11) is 0. The lowest BCUT2D eigenvalue weighted by molar-refractivity contribution is 1.07. The molecule has 14 aromatic rings. The molecule has 2 aromatic heterocycles. The van der Waals surface area contributed by atoms with Crippen molar-refractivity contribution < 1.29 is 0 Å². The third kappa shape index (κ3) is 7.47. The summed E-state index contributed by atoms with van der Waals surface area (Å²) < 4.78 is 4.89. The second-order valence-electron chi connectivity index (χ2n) is 24.2. The second-order valence-corrected chi connectivity index (χ2v) is 24.2. The van der Waals surface area contributed by atoms with Crippen LogP contribution in [0, 0.1) is 13.8 Å². The van der Waals surface area contributed by atoms with Crippen LogP contribution in [0.2, 0.25) is 0 Å². The van der Waals surface area contributed by atoms with Crippen molar-refractivity contribution in [1.29, 1.82) is 0 Å². The maximum Gasteiger partial charge on any atom is 0.252 e. The predicted octanol–water partition coefficient (Wildman–Crippen LogP) is 15.3.